The molecule has 0 unspecified atom stereocenters. The minimum Gasteiger partial charge on any atom is -0.480 e. The number of rotatable bonds is 1. The molecule has 1 saturated heterocycles. The van der Waals surface area contributed by atoms with Crippen molar-refractivity contribution < 1.29 is 9.90 Å². The Morgan fingerprint density at radius 2 is 2.45 bits per heavy atom. The zero-order valence-corrected chi connectivity index (χ0v) is 6.16. The van der Waals surface area contributed by atoms with E-state index in [0.717, 1.165) is 12.8 Å². The zero-order valence-electron chi connectivity index (χ0n) is 6.16. The van der Waals surface area contributed by atoms with Gasteiger partial charge in [-0.1, -0.05) is 12.2 Å². The summed E-state index contributed by atoms with van der Waals surface area (Å²) in [7, 11) is 0. The molecular formula is C8H11NO2. The summed E-state index contributed by atoms with van der Waals surface area (Å²) in [5.41, 5.74) is 0. The third-order valence-electron chi connectivity index (χ3n) is 2.52. The lowest BCUT2D eigenvalue weighted by Crippen LogP contribution is -2.34. The van der Waals surface area contributed by atoms with Crippen LogP contribution >= 0.6 is 0 Å². The van der Waals surface area contributed by atoms with E-state index in [4.69, 9.17) is 5.11 Å². The van der Waals surface area contributed by atoms with Gasteiger partial charge in [0.15, 0.2) is 0 Å². The molecule has 11 heavy (non-hydrogen) atoms. The van der Waals surface area contributed by atoms with E-state index in [2.05, 4.69) is 17.5 Å². The van der Waals surface area contributed by atoms with E-state index in [1.807, 2.05) is 0 Å². The zero-order chi connectivity index (χ0) is 7.84. The van der Waals surface area contributed by atoms with Crippen LogP contribution in [-0.4, -0.2) is 23.2 Å². The maximum Gasteiger partial charge on any atom is 0.320 e. The Kier molecular flexibility index (Phi) is 1.46. The lowest BCUT2D eigenvalue weighted by Gasteiger charge is -2.05. The first-order valence-corrected chi connectivity index (χ1v) is 3.93. The van der Waals surface area contributed by atoms with Gasteiger partial charge in [0.2, 0.25) is 0 Å². The summed E-state index contributed by atoms with van der Waals surface area (Å²) in [4.78, 5) is 10.5. The summed E-state index contributed by atoms with van der Waals surface area (Å²) in [6.07, 6.45) is 6.03. The average Bonchev–Trinajstić information content (AvgIpc) is 2.40. The van der Waals surface area contributed by atoms with Crippen LogP contribution < -0.4 is 5.32 Å². The third-order valence-corrected chi connectivity index (χ3v) is 2.52. The quantitative estimate of drug-likeness (QED) is 0.535. The third kappa shape index (κ3) is 1.05. The van der Waals surface area contributed by atoms with Crippen LogP contribution in [0.3, 0.4) is 0 Å². The van der Waals surface area contributed by atoms with Gasteiger partial charge in [-0.2, -0.15) is 0 Å². The van der Waals surface area contributed by atoms with Gasteiger partial charge in [-0.05, 0) is 18.8 Å². The summed E-state index contributed by atoms with van der Waals surface area (Å²) in [6.45, 7) is 0. The number of carbonyl (C=O) groups is 1. The highest BCUT2D eigenvalue weighted by molar-refractivity contribution is 5.74. The van der Waals surface area contributed by atoms with Crippen molar-refractivity contribution in [2.24, 2.45) is 5.92 Å². The molecule has 1 heterocycles. The summed E-state index contributed by atoms with van der Waals surface area (Å²) >= 11 is 0. The molecule has 3 atom stereocenters. The van der Waals surface area contributed by atoms with Crippen molar-refractivity contribution in [1.82, 2.24) is 5.32 Å². The van der Waals surface area contributed by atoms with Gasteiger partial charge in [-0.25, -0.2) is 0 Å². The first-order chi connectivity index (χ1) is 5.27. The fourth-order valence-corrected chi connectivity index (χ4v) is 1.91. The van der Waals surface area contributed by atoms with E-state index in [9.17, 15) is 4.79 Å². The topological polar surface area (TPSA) is 49.3 Å². The number of aliphatic carboxylic acids is 1. The Morgan fingerprint density at radius 3 is 3.09 bits per heavy atom. The molecule has 1 aliphatic heterocycles. The molecule has 2 rings (SSSR count). The molecule has 2 N–H and O–H groups in total. The molecule has 0 spiro atoms. The van der Waals surface area contributed by atoms with E-state index in [1.165, 1.54) is 0 Å². The number of carboxylic acids is 1. The fraction of sp³-hybridized carbons (Fsp3) is 0.625. The molecule has 1 aliphatic carbocycles. The molecule has 0 bridgehead atoms. The van der Waals surface area contributed by atoms with E-state index in [-0.39, 0.29) is 6.04 Å². The van der Waals surface area contributed by atoms with Crippen LogP contribution in [-0.2, 0) is 4.79 Å². The maximum absolute atomic E-state index is 10.5. The average molecular weight is 153 g/mol. The lowest BCUT2D eigenvalue weighted by atomic mass is 10.0. The largest absolute Gasteiger partial charge is 0.480 e. The molecule has 2 aliphatic rings. The van der Waals surface area contributed by atoms with Crippen LogP contribution in [0.5, 0.6) is 0 Å². The van der Waals surface area contributed by atoms with Crippen molar-refractivity contribution in [3.63, 3.8) is 0 Å². The van der Waals surface area contributed by atoms with Gasteiger partial charge >= 0.3 is 5.97 Å². The summed E-state index contributed by atoms with van der Waals surface area (Å²) in [6, 6.07) is 0.0195. The molecular weight excluding hydrogens is 142 g/mol. The summed E-state index contributed by atoms with van der Waals surface area (Å²) in [5.74, 6) is -0.177. The van der Waals surface area contributed by atoms with E-state index in [0.29, 0.717) is 12.0 Å². The van der Waals surface area contributed by atoms with E-state index < -0.39 is 5.97 Å². The standard InChI is InChI=1S/C8H11NO2/c10-8(11)7-4-5-2-1-3-6(5)9-7/h1,3,5-7,9H,2,4H2,(H,10,11)/t5-,6-,7-/m1/s1. The molecule has 0 radical (unpaired) electrons. The Hall–Kier alpha value is -0.830. The molecule has 3 nitrogen and oxygen atoms in total. The van der Waals surface area contributed by atoms with Gasteiger partial charge in [0.05, 0.1) is 0 Å². The number of nitrogens with one attached hydrogen (secondary N) is 1. The number of hydrogen-bond donors (Lipinski definition) is 2. The molecule has 3 heteroatoms. The second-order valence-electron chi connectivity index (χ2n) is 3.24. The molecule has 60 valence electrons. The van der Waals surface area contributed by atoms with Crippen molar-refractivity contribution in [2.75, 3.05) is 0 Å². The molecule has 1 fully saturated rings. The van der Waals surface area contributed by atoms with Gasteiger partial charge in [0.1, 0.15) is 6.04 Å². The highest BCUT2D eigenvalue weighted by atomic mass is 16.4. The predicted octanol–water partition coefficient (Wildman–Crippen LogP) is 0.378. The number of hydrogen-bond acceptors (Lipinski definition) is 2. The fourth-order valence-electron chi connectivity index (χ4n) is 1.91. The second kappa shape index (κ2) is 2.34. The number of carboxylic acid groups (broad SMARTS) is 1. The van der Waals surface area contributed by atoms with Gasteiger partial charge in [0.25, 0.3) is 0 Å². The molecule has 0 saturated carbocycles. The van der Waals surface area contributed by atoms with Crippen LogP contribution in [0.25, 0.3) is 0 Å². The molecule has 0 aromatic carbocycles. The Labute approximate surface area is 65.1 Å². The molecule has 0 aromatic rings. The second-order valence-corrected chi connectivity index (χ2v) is 3.24. The molecule has 0 amide bonds. The van der Waals surface area contributed by atoms with E-state index in [1.54, 1.807) is 0 Å². The minimum absolute atomic E-state index is 0.310. The van der Waals surface area contributed by atoms with Gasteiger partial charge in [-0.15, -0.1) is 0 Å². The van der Waals surface area contributed by atoms with Gasteiger partial charge in [0, 0.05) is 6.04 Å². The highest BCUT2D eigenvalue weighted by Crippen LogP contribution is 2.29. The normalized spacial score (nSPS) is 40.9. The van der Waals surface area contributed by atoms with Crippen LogP contribution in [0.1, 0.15) is 12.8 Å². The Bertz CT molecular complexity index is 212. The Morgan fingerprint density at radius 1 is 1.64 bits per heavy atom. The van der Waals surface area contributed by atoms with Crippen LogP contribution in [0, 0.1) is 5.92 Å². The van der Waals surface area contributed by atoms with Crippen LogP contribution in [0.2, 0.25) is 0 Å². The number of fused-ring (bicyclic) bond motifs is 1. The minimum atomic E-state index is -0.715. The van der Waals surface area contributed by atoms with Gasteiger partial charge in [-0.3, -0.25) is 10.1 Å². The summed E-state index contributed by atoms with van der Waals surface area (Å²) < 4.78 is 0. The van der Waals surface area contributed by atoms with Crippen LogP contribution in [0.4, 0.5) is 0 Å². The van der Waals surface area contributed by atoms with Crippen molar-refractivity contribution in [1.29, 1.82) is 0 Å². The van der Waals surface area contributed by atoms with E-state index >= 15 is 0 Å². The van der Waals surface area contributed by atoms with Crippen molar-refractivity contribution in [3.8, 4) is 0 Å². The lowest BCUT2D eigenvalue weighted by molar-refractivity contribution is -0.139. The molecule has 0 aromatic heterocycles. The summed E-state index contributed by atoms with van der Waals surface area (Å²) in [5, 5.41) is 11.7. The highest BCUT2D eigenvalue weighted by Gasteiger charge is 2.37. The van der Waals surface area contributed by atoms with Crippen molar-refractivity contribution in [3.05, 3.63) is 12.2 Å². The number of allylic oxidation sites excluding steroid dienone is 1. The Balaban J connectivity index is 2.04. The SMILES string of the molecule is O=C(O)[C@H]1C[C@H]2CC=C[C@H]2N1. The first kappa shape index (κ1) is 6.85. The predicted molar refractivity (Wildman–Crippen MR) is 40.2 cm³/mol. The monoisotopic (exact) mass is 153 g/mol. The van der Waals surface area contributed by atoms with Crippen molar-refractivity contribution in [2.45, 2.75) is 24.9 Å². The van der Waals surface area contributed by atoms with Crippen LogP contribution in [0.15, 0.2) is 12.2 Å². The first-order valence-electron chi connectivity index (χ1n) is 3.93. The van der Waals surface area contributed by atoms with Gasteiger partial charge < -0.3 is 5.11 Å². The smallest absolute Gasteiger partial charge is 0.320 e. The van der Waals surface area contributed by atoms with Crippen molar-refractivity contribution >= 4 is 5.97 Å². The maximum atomic E-state index is 10.5.